The Morgan fingerprint density at radius 2 is 1.35 bits per heavy atom. The van der Waals surface area contributed by atoms with E-state index in [4.69, 9.17) is 0 Å². The molecular formula is C20H26ClNO. The Hall–Kier alpha value is -1.35. The number of likely N-dealkylation sites (tertiary alicyclic amines) is 1. The normalized spacial score (nSPS) is 27.2. The van der Waals surface area contributed by atoms with Crippen molar-refractivity contribution >= 4 is 12.4 Å². The first kappa shape index (κ1) is 18.0. The lowest BCUT2D eigenvalue weighted by atomic mass is 9.59. The highest BCUT2D eigenvalue weighted by Gasteiger charge is 2.51. The van der Waals surface area contributed by atoms with Crippen LogP contribution in [-0.2, 0) is 5.41 Å². The maximum Gasteiger partial charge on any atom is 0.0832 e. The third kappa shape index (κ3) is 2.80. The van der Waals surface area contributed by atoms with Gasteiger partial charge in [0.1, 0.15) is 0 Å². The highest BCUT2D eigenvalue weighted by atomic mass is 35.5. The van der Waals surface area contributed by atoms with Crippen molar-refractivity contribution in [3.8, 4) is 0 Å². The maximum atomic E-state index is 11.3. The van der Waals surface area contributed by atoms with E-state index in [9.17, 15) is 5.11 Å². The molecule has 1 saturated heterocycles. The maximum absolute atomic E-state index is 11.3. The standard InChI is InChI=1S/C20H25NO.ClH/c1-15-14-21(3)16(2)19(22)20(15,17-10-6-4-7-11-17)18-12-8-5-9-13-18;/h4-13,15-16,19,22H,14H2,1-3H3;1H. The summed E-state index contributed by atoms with van der Waals surface area (Å²) >= 11 is 0. The van der Waals surface area contributed by atoms with E-state index in [1.54, 1.807) is 0 Å². The first-order valence-corrected chi connectivity index (χ1v) is 8.07. The number of hydrogen-bond donors (Lipinski definition) is 1. The number of nitrogens with zero attached hydrogens (tertiary/aromatic N) is 1. The molecule has 0 spiro atoms. The average molecular weight is 332 g/mol. The van der Waals surface area contributed by atoms with Crippen LogP contribution >= 0.6 is 12.4 Å². The van der Waals surface area contributed by atoms with Crippen LogP contribution in [0, 0.1) is 5.92 Å². The summed E-state index contributed by atoms with van der Waals surface area (Å²) in [4.78, 5) is 2.26. The summed E-state index contributed by atoms with van der Waals surface area (Å²) in [5.41, 5.74) is 2.07. The lowest BCUT2D eigenvalue weighted by molar-refractivity contribution is -0.0446. The second-order valence-corrected chi connectivity index (χ2v) is 6.63. The van der Waals surface area contributed by atoms with Gasteiger partial charge in [-0.15, -0.1) is 12.4 Å². The number of rotatable bonds is 2. The minimum atomic E-state index is -0.439. The monoisotopic (exact) mass is 331 g/mol. The van der Waals surface area contributed by atoms with Crippen molar-refractivity contribution in [2.24, 2.45) is 5.92 Å². The van der Waals surface area contributed by atoms with Gasteiger partial charge in [-0.1, -0.05) is 67.6 Å². The van der Waals surface area contributed by atoms with Crippen LogP contribution in [0.1, 0.15) is 25.0 Å². The zero-order chi connectivity index (χ0) is 15.7. The topological polar surface area (TPSA) is 23.5 Å². The van der Waals surface area contributed by atoms with Gasteiger partial charge in [0.05, 0.1) is 11.5 Å². The molecule has 2 aromatic carbocycles. The van der Waals surface area contributed by atoms with Crippen LogP contribution in [0.4, 0.5) is 0 Å². The first-order chi connectivity index (χ1) is 10.6. The van der Waals surface area contributed by atoms with E-state index in [0.29, 0.717) is 5.92 Å². The molecule has 23 heavy (non-hydrogen) atoms. The Labute approximate surface area is 145 Å². The molecule has 3 rings (SSSR count). The van der Waals surface area contributed by atoms with Gasteiger partial charge in [-0.05, 0) is 31.0 Å². The summed E-state index contributed by atoms with van der Waals surface area (Å²) in [7, 11) is 2.10. The minimum Gasteiger partial charge on any atom is -0.390 e. The summed E-state index contributed by atoms with van der Waals surface area (Å²) < 4.78 is 0. The number of aliphatic hydroxyl groups is 1. The molecule has 0 saturated carbocycles. The van der Waals surface area contributed by atoms with Crippen molar-refractivity contribution in [1.82, 2.24) is 4.90 Å². The predicted octanol–water partition coefficient (Wildman–Crippen LogP) is 3.73. The van der Waals surface area contributed by atoms with Gasteiger partial charge in [0.2, 0.25) is 0 Å². The van der Waals surface area contributed by atoms with Crippen LogP contribution in [-0.4, -0.2) is 35.7 Å². The van der Waals surface area contributed by atoms with E-state index >= 15 is 0 Å². The van der Waals surface area contributed by atoms with Gasteiger partial charge >= 0.3 is 0 Å². The molecule has 124 valence electrons. The van der Waals surface area contributed by atoms with Gasteiger partial charge in [0, 0.05) is 12.6 Å². The van der Waals surface area contributed by atoms with Crippen molar-refractivity contribution in [3.63, 3.8) is 0 Å². The quantitative estimate of drug-likeness (QED) is 0.906. The SMILES string of the molecule is CC1C(O)C(c2ccccc2)(c2ccccc2)C(C)CN1C.Cl. The number of piperidine rings is 1. The van der Waals surface area contributed by atoms with Crippen molar-refractivity contribution in [3.05, 3.63) is 71.8 Å². The molecule has 1 N–H and O–H groups in total. The Morgan fingerprint density at radius 1 is 0.913 bits per heavy atom. The number of halogens is 1. The van der Waals surface area contributed by atoms with Crippen LogP contribution < -0.4 is 0 Å². The zero-order valence-electron chi connectivity index (χ0n) is 14.0. The van der Waals surface area contributed by atoms with Crippen LogP contribution in [0.3, 0.4) is 0 Å². The van der Waals surface area contributed by atoms with E-state index < -0.39 is 6.10 Å². The first-order valence-electron chi connectivity index (χ1n) is 8.07. The van der Waals surface area contributed by atoms with Crippen LogP contribution in [0.25, 0.3) is 0 Å². The molecule has 0 aromatic heterocycles. The van der Waals surface area contributed by atoms with Crippen molar-refractivity contribution < 1.29 is 5.11 Å². The molecule has 2 nitrogen and oxygen atoms in total. The molecular weight excluding hydrogens is 306 g/mol. The number of aliphatic hydroxyl groups excluding tert-OH is 1. The van der Waals surface area contributed by atoms with Crippen LogP contribution in [0.15, 0.2) is 60.7 Å². The van der Waals surface area contributed by atoms with Gasteiger partial charge in [-0.3, -0.25) is 0 Å². The highest BCUT2D eigenvalue weighted by Crippen LogP contribution is 2.46. The fraction of sp³-hybridized carbons (Fsp3) is 0.400. The molecule has 0 bridgehead atoms. The van der Waals surface area contributed by atoms with Crippen LogP contribution in [0.5, 0.6) is 0 Å². The highest BCUT2D eigenvalue weighted by molar-refractivity contribution is 5.85. The summed E-state index contributed by atoms with van der Waals surface area (Å²) in [6.45, 7) is 5.35. The van der Waals surface area contributed by atoms with Crippen molar-refractivity contribution in [2.75, 3.05) is 13.6 Å². The predicted molar refractivity (Wildman–Crippen MR) is 98.2 cm³/mol. The molecule has 0 radical (unpaired) electrons. The van der Waals surface area contributed by atoms with Crippen molar-refractivity contribution in [2.45, 2.75) is 31.4 Å². The Morgan fingerprint density at radius 3 is 1.78 bits per heavy atom. The number of likely N-dealkylation sites (N-methyl/N-ethyl adjacent to an activating group) is 1. The van der Waals surface area contributed by atoms with Gasteiger partial charge in [-0.2, -0.15) is 0 Å². The largest absolute Gasteiger partial charge is 0.390 e. The lowest BCUT2D eigenvalue weighted by Crippen LogP contribution is -2.62. The van der Waals surface area contributed by atoms with E-state index in [1.807, 2.05) is 12.1 Å². The van der Waals surface area contributed by atoms with Gasteiger partial charge in [-0.25, -0.2) is 0 Å². The molecule has 3 heteroatoms. The minimum absolute atomic E-state index is 0. The van der Waals surface area contributed by atoms with Crippen LogP contribution in [0.2, 0.25) is 0 Å². The summed E-state index contributed by atoms with van der Waals surface area (Å²) in [6, 6.07) is 21.1. The molecule has 1 heterocycles. The van der Waals surface area contributed by atoms with E-state index in [1.165, 1.54) is 11.1 Å². The Balaban J connectivity index is 0.00000192. The molecule has 0 amide bonds. The fourth-order valence-corrected chi connectivity index (χ4v) is 4.16. The molecule has 1 aliphatic heterocycles. The molecule has 1 aliphatic rings. The zero-order valence-corrected chi connectivity index (χ0v) is 14.8. The van der Waals surface area contributed by atoms with Crippen molar-refractivity contribution in [1.29, 1.82) is 0 Å². The molecule has 0 aliphatic carbocycles. The van der Waals surface area contributed by atoms with Gasteiger partial charge in [0.15, 0.2) is 0 Å². The second-order valence-electron chi connectivity index (χ2n) is 6.63. The number of benzene rings is 2. The summed E-state index contributed by atoms with van der Waals surface area (Å²) in [6.07, 6.45) is -0.439. The average Bonchev–Trinajstić information content (AvgIpc) is 2.55. The molecule has 1 fully saturated rings. The summed E-state index contributed by atoms with van der Waals surface area (Å²) in [5, 5.41) is 11.3. The lowest BCUT2D eigenvalue weighted by Gasteiger charge is -2.53. The number of hydrogen-bond acceptors (Lipinski definition) is 2. The molecule has 2 aromatic rings. The molecule has 3 unspecified atom stereocenters. The smallest absolute Gasteiger partial charge is 0.0832 e. The van der Waals surface area contributed by atoms with Gasteiger partial charge in [0.25, 0.3) is 0 Å². The third-order valence-electron chi connectivity index (χ3n) is 5.46. The van der Waals surface area contributed by atoms with Gasteiger partial charge < -0.3 is 10.0 Å². The molecule has 3 atom stereocenters. The third-order valence-corrected chi connectivity index (χ3v) is 5.46. The second kappa shape index (κ2) is 7.04. The van der Waals surface area contributed by atoms with E-state index in [-0.39, 0.29) is 23.9 Å². The van der Waals surface area contributed by atoms with E-state index in [2.05, 4.69) is 74.3 Å². The fourth-order valence-electron chi connectivity index (χ4n) is 4.16. The van der Waals surface area contributed by atoms with E-state index in [0.717, 1.165) is 6.54 Å². The Bertz CT molecular complexity index is 577. The Kier molecular flexibility index (Phi) is 5.51. The summed E-state index contributed by atoms with van der Waals surface area (Å²) in [5.74, 6) is 0.327.